The quantitative estimate of drug-likeness (QED) is 0.142. The SMILES string of the molecule is CCc1ccc(C(=O)Nc2cc(Cl)c3c(c2)CNCC3)cc1Br.CCc1ccc(C(=O)Nc2cc(Cl)c3c(c2)CNCC3)cc1C(C)=O. The number of rotatable bonds is 7. The van der Waals surface area contributed by atoms with Gasteiger partial charge in [0.2, 0.25) is 0 Å². The first kappa shape index (κ1) is 35.8. The smallest absolute Gasteiger partial charge is 0.255 e. The topological polar surface area (TPSA) is 99.3 Å². The number of carbonyl (C=O) groups is 3. The van der Waals surface area contributed by atoms with Crippen LogP contribution in [-0.4, -0.2) is 30.7 Å². The molecule has 4 N–H and O–H groups in total. The van der Waals surface area contributed by atoms with Gasteiger partial charge >= 0.3 is 0 Å². The van der Waals surface area contributed by atoms with E-state index in [-0.39, 0.29) is 17.6 Å². The van der Waals surface area contributed by atoms with Gasteiger partial charge in [0, 0.05) is 55.7 Å². The summed E-state index contributed by atoms with van der Waals surface area (Å²) in [5, 5.41) is 13.9. The number of halogens is 3. The Morgan fingerprint density at radius 2 is 1.19 bits per heavy atom. The number of carbonyl (C=O) groups excluding carboxylic acids is 3. The number of aryl methyl sites for hydroxylation is 2. The minimum Gasteiger partial charge on any atom is -0.322 e. The zero-order valence-electron chi connectivity index (χ0n) is 27.3. The molecule has 2 amide bonds. The van der Waals surface area contributed by atoms with E-state index >= 15 is 0 Å². The molecule has 0 atom stereocenters. The van der Waals surface area contributed by atoms with Crippen LogP contribution in [0.1, 0.15) is 85.2 Å². The summed E-state index contributed by atoms with van der Waals surface area (Å²) >= 11 is 16.2. The second-order valence-corrected chi connectivity index (χ2v) is 13.6. The lowest BCUT2D eigenvalue weighted by Crippen LogP contribution is -2.24. The number of anilines is 2. The van der Waals surface area contributed by atoms with Crippen molar-refractivity contribution in [3.8, 4) is 0 Å². The molecule has 0 bridgehead atoms. The number of benzene rings is 4. The maximum atomic E-state index is 12.6. The van der Waals surface area contributed by atoms with E-state index < -0.39 is 0 Å². The Hall–Kier alpha value is -3.53. The molecule has 7 nitrogen and oxygen atoms in total. The Morgan fingerprint density at radius 3 is 1.65 bits per heavy atom. The van der Waals surface area contributed by atoms with Crippen molar-refractivity contribution in [3.05, 3.63) is 125 Å². The molecule has 0 saturated heterocycles. The van der Waals surface area contributed by atoms with E-state index in [1.54, 1.807) is 18.2 Å². The van der Waals surface area contributed by atoms with Gasteiger partial charge in [-0.1, -0.05) is 65.1 Å². The lowest BCUT2D eigenvalue weighted by atomic mass is 9.98. The lowest BCUT2D eigenvalue weighted by molar-refractivity contribution is 0.101. The maximum absolute atomic E-state index is 12.6. The number of fused-ring (bicyclic) bond motifs is 2. The molecule has 6 rings (SSSR count). The summed E-state index contributed by atoms with van der Waals surface area (Å²) in [6, 6.07) is 18.5. The van der Waals surface area contributed by atoms with E-state index in [0.717, 1.165) is 89.3 Å². The van der Waals surface area contributed by atoms with Crippen LogP contribution in [0.4, 0.5) is 11.4 Å². The number of nitrogens with one attached hydrogen (secondary N) is 4. The van der Waals surface area contributed by atoms with E-state index in [0.29, 0.717) is 27.4 Å². The molecule has 250 valence electrons. The largest absolute Gasteiger partial charge is 0.322 e. The van der Waals surface area contributed by atoms with Crippen molar-refractivity contribution in [3.63, 3.8) is 0 Å². The first-order valence-electron chi connectivity index (χ1n) is 16.2. The predicted molar refractivity (Wildman–Crippen MR) is 199 cm³/mol. The molecule has 2 aliphatic rings. The molecule has 0 aromatic heterocycles. The van der Waals surface area contributed by atoms with Crippen LogP contribution < -0.4 is 21.3 Å². The average molecular weight is 751 g/mol. The second-order valence-electron chi connectivity index (χ2n) is 11.9. The van der Waals surface area contributed by atoms with Crippen LogP contribution in [0.2, 0.25) is 10.0 Å². The van der Waals surface area contributed by atoms with Crippen molar-refractivity contribution in [1.29, 1.82) is 0 Å². The summed E-state index contributed by atoms with van der Waals surface area (Å²) in [6.07, 6.45) is 3.50. The number of hydrogen-bond donors (Lipinski definition) is 4. The van der Waals surface area contributed by atoms with Crippen molar-refractivity contribution >= 4 is 68.1 Å². The zero-order chi connectivity index (χ0) is 34.4. The fourth-order valence-corrected chi connectivity index (χ4v) is 7.34. The predicted octanol–water partition coefficient (Wildman–Crippen LogP) is 8.57. The lowest BCUT2D eigenvalue weighted by Gasteiger charge is -2.20. The monoisotopic (exact) mass is 748 g/mol. The Balaban J connectivity index is 0.000000188. The summed E-state index contributed by atoms with van der Waals surface area (Å²) in [4.78, 5) is 36.8. The van der Waals surface area contributed by atoms with Gasteiger partial charge in [0.1, 0.15) is 0 Å². The van der Waals surface area contributed by atoms with Crippen LogP contribution in [0.5, 0.6) is 0 Å². The van der Waals surface area contributed by atoms with Crippen LogP contribution in [0.3, 0.4) is 0 Å². The van der Waals surface area contributed by atoms with Gasteiger partial charge in [0.05, 0.1) is 0 Å². The molecule has 0 unspecified atom stereocenters. The van der Waals surface area contributed by atoms with Crippen LogP contribution in [0.25, 0.3) is 0 Å². The maximum Gasteiger partial charge on any atom is 0.255 e. The van der Waals surface area contributed by atoms with E-state index in [4.69, 9.17) is 23.2 Å². The molecule has 4 aromatic rings. The molecule has 48 heavy (non-hydrogen) atoms. The van der Waals surface area contributed by atoms with Crippen molar-refractivity contribution < 1.29 is 14.4 Å². The van der Waals surface area contributed by atoms with Crippen LogP contribution >= 0.6 is 39.1 Å². The normalized spacial score (nSPS) is 13.4. The highest BCUT2D eigenvalue weighted by atomic mass is 79.9. The van der Waals surface area contributed by atoms with E-state index in [2.05, 4.69) is 44.1 Å². The number of Topliss-reactive ketones (excluding diaryl/α,β-unsaturated/α-hetero) is 1. The van der Waals surface area contributed by atoms with E-state index in [9.17, 15) is 14.4 Å². The summed E-state index contributed by atoms with van der Waals surface area (Å²) in [5.74, 6) is -0.410. The molecular weight excluding hydrogens is 711 g/mol. The minimum absolute atomic E-state index is 0.0330. The van der Waals surface area contributed by atoms with Gasteiger partial charge in [-0.15, -0.1) is 0 Å². The van der Waals surface area contributed by atoms with Crippen molar-refractivity contribution in [2.45, 2.75) is 59.5 Å². The Labute approximate surface area is 300 Å². The van der Waals surface area contributed by atoms with Gasteiger partial charge in [0.25, 0.3) is 11.8 Å². The number of ketones is 1. The highest BCUT2D eigenvalue weighted by Crippen LogP contribution is 2.30. The third kappa shape index (κ3) is 8.54. The fourth-order valence-electron chi connectivity index (χ4n) is 6.02. The van der Waals surface area contributed by atoms with Crippen LogP contribution in [0, 0.1) is 0 Å². The molecule has 0 aliphatic carbocycles. The molecule has 10 heteroatoms. The van der Waals surface area contributed by atoms with E-state index in [1.807, 2.05) is 49.4 Å². The molecular formula is C38H39BrCl2N4O3. The second kappa shape index (κ2) is 16.2. The number of hydrogen-bond acceptors (Lipinski definition) is 5. The molecule has 4 aromatic carbocycles. The standard InChI is InChI=1S/C20H21ClN2O2.C18H18BrClN2O/c1-3-13-4-5-14(9-18(13)12(2)24)20(25)23-16-8-15-11-22-7-6-17(15)19(21)10-16;1-2-11-3-4-12(8-16(11)19)18(23)22-14-7-13-10-21-6-5-15(13)17(20)9-14/h4-5,8-10,22H,3,6-7,11H2,1-2H3,(H,23,25);3-4,7-9,21H,2,5-6,10H2,1H3,(H,22,23). The Bertz CT molecular complexity index is 1880. The highest BCUT2D eigenvalue weighted by molar-refractivity contribution is 9.10. The van der Waals surface area contributed by atoms with Crippen molar-refractivity contribution in [2.24, 2.45) is 0 Å². The van der Waals surface area contributed by atoms with Crippen molar-refractivity contribution in [1.82, 2.24) is 10.6 Å². The Morgan fingerprint density at radius 1 is 0.708 bits per heavy atom. The summed E-state index contributed by atoms with van der Waals surface area (Å²) < 4.78 is 0.959. The minimum atomic E-state index is -0.245. The third-order valence-corrected chi connectivity index (χ3v) is 10.1. The highest BCUT2D eigenvalue weighted by Gasteiger charge is 2.17. The summed E-state index contributed by atoms with van der Waals surface area (Å²) in [6.45, 7) is 8.99. The van der Waals surface area contributed by atoms with Gasteiger partial charge < -0.3 is 21.3 Å². The van der Waals surface area contributed by atoms with Gasteiger partial charge in [0.15, 0.2) is 5.78 Å². The average Bonchev–Trinajstić information content (AvgIpc) is 3.08. The molecule has 0 radical (unpaired) electrons. The van der Waals surface area contributed by atoms with Gasteiger partial charge in [-0.3, -0.25) is 14.4 Å². The van der Waals surface area contributed by atoms with Crippen LogP contribution in [0.15, 0.2) is 65.1 Å². The van der Waals surface area contributed by atoms with E-state index in [1.165, 1.54) is 18.1 Å². The van der Waals surface area contributed by atoms with Crippen LogP contribution in [-0.2, 0) is 38.8 Å². The summed E-state index contributed by atoms with van der Waals surface area (Å²) in [5.41, 5.74) is 9.82. The van der Waals surface area contributed by atoms with Gasteiger partial charge in [-0.05, 0) is 128 Å². The third-order valence-electron chi connectivity index (χ3n) is 8.65. The Kier molecular flexibility index (Phi) is 12.1. The zero-order valence-corrected chi connectivity index (χ0v) is 30.4. The molecule has 0 saturated carbocycles. The van der Waals surface area contributed by atoms with Gasteiger partial charge in [-0.25, -0.2) is 0 Å². The number of amides is 2. The van der Waals surface area contributed by atoms with Crippen molar-refractivity contribution in [2.75, 3.05) is 23.7 Å². The van der Waals surface area contributed by atoms with Gasteiger partial charge in [-0.2, -0.15) is 0 Å². The first-order chi connectivity index (χ1) is 23.1. The molecule has 0 spiro atoms. The fraction of sp³-hybridized carbons (Fsp3) is 0.289. The molecule has 0 fully saturated rings. The first-order valence-corrected chi connectivity index (χ1v) is 17.7. The molecule has 2 aliphatic heterocycles. The summed E-state index contributed by atoms with van der Waals surface area (Å²) in [7, 11) is 0. The molecule has 2 heterocycles.